The van der Waals surface area contributed by atoms with Crippen LogP contribution in [0.5, 0.6) is 0 Å². The number of hydrogen-bond donors (Lipinski definition) is 2. The van der Waals surface area contributed by atoms with Gasteiger partial charge in [0, 0.05) is 63.9 Å². The molecule has 0 radical (unpaired) electrons. The monoisotopic (exact) mass is 790 g/mol. The van der Waals surface area contributed by atoms with Gasteiger partial charge in [0.15, 0.2) is 16.6 Å². The normalized spacial score (nSPS) is 18.9. The van der Waals surface area contributed by atoms with Gasteiger partial charge in [-0.15, -0.1) is 0 Å². The third kappa shape index (κ3) is 16.8. The minimum absolute atomic E-state index is 0.0123. The molecule has 0 saturated carbocycles. The van der Waals surface area contributed by atoms with E-state index in [-0.39, 0.29) is 48.6 Å². The van der Waals surface area contributed by atoms with Crippen molar-refractivity contribution in [2.45, 2.75) is 168 Å². The Labute approximate surface area is 323 Å². The van der Waals surface area contributed by atoms with Crippen LogP contribution in [0.3, 0.4) is 0 Å². The van der Waals surface area contributed by atoms with Crippen LogP contribution in [0.1, 0.15) is 105 Å². The van der Waals surface area contributed by atoms with Crippen molar-refractivity contribution in [1.82, 2.24) is 20.4 Å². The summed E-state index contributed by atoms with van der Waals surface area (Å²) in [5.74, 6) is 0.197. The molecule has 0 spiro atoms. The average Bonchev–Trinajstić information content (AvgIpc) is 3.70. The van der Waals surface area contributed by atoms with Crippen molar-refractivity contribution < 1.29 is 27.4 Å². The molecule has 12 nitrogen and oxygen atoms in total. The van der Waals surface area contributed by atoms with E-state index in [9.17, 15) is 29.7 Å². The van der Waals surface area contributed by atoms with Gasteiger partial charge in [0.25, 0.3) is 0 Å². The van der Waals surface area contributed by atoms with Crippen molar-refractivity contribution in [2.24, 2.45) is 10.8 Å². The second kappa shape index (κ2) is 20.4. The van der Waals surface area contributed by atoms with E-state index >= 15 is 0 Å². The van der Waals surface area contributed by atoms with Crippen LogP contribution in [-0.2, 0) is 27.4 Å². The summed E-state index contributed by atoms with van der Waals surface area (Å²) < 4.78 is 13.5. The first-order valence-corrected chi connectivity index (χ1v) is 28.9. The number of nitriles is 2. The Hall–Kier alpha value is -2.57. The fourth-order valence-electron chi connectivity index (χ4n) is 8.09. The van der Waals surface area contributed by atoms with Crippen molar-refractivity contribution in [3.8, 4) is 12.1 Å². The summed E-state index contributed by atoms with van der Waals surface area (Å²) in [6.07, 6.45) is 7.11. The Morgan fingerprint density at radius 2 is 1.09 bits per heavy atom. The number of carbonyl (C=O) groups is 4. The SMILES string of the molecule is CC(CC(C)(C#N)CCC(=O)NCCC[Si](C)(C)O[Si](C)(C)O[Si](C)(C)CCCNC(=O)CCC(C)(C#N)CC(C)N1CCCC1=O)N1CCCC1=O. The molecule has 2 aliphatic heterocycles. The summed E-state index contributed by atoms with van der Waals surface area (Å²) in [6.45, 7) is 23.4. The zero-order valence-electron chi connectivity index (χ0n) is 34.6. The van der Waals surface area contributed by atoms with E-state index in [1.807, 2.05) is 37.5 Å². The van der Waals surface area contributed by atoms with Crippen LogP contribution in [0.2, 0.25) is 51.4 Å². The lowest BCUT2D eigenvalue weighted by atomic mass is 9.80. The highest BCUT2D eigenvalue weighted by atomic mass is 28.5. The highest BCUT2D eigenvalue weighted by Crippen LogP contribution is 2.33. The van der Waals surface area contributed by atoms with Crippen molar-refractivity contribution in [3.63, 3.8) is 0 Å². The molecule has 0 aromatic heterocycles. The summed E-state index contributed by atoms with van der Waals surface area (Å²) in [6, 6.07) is 6.55. The summed E-state index contributed by atoms with van der Waals surface area (Å²) in [7, 11) is -6.57. The molecule has 4 unspecified atom stereocenters. The van der Waals surface area contributed by atoms with Gasteiger partial charge in [-0.25, -0.2) is 0 Å². The predicted octanol–water partition coefficient (Wildman–Crippen LogP) is 6.57. The first-order valence-electron chi connectivity index (χ1n) is 19.9. The highest BCUT2D eigenvalue weighted by molar-refractivity contribution is 6.87. The molecule has 2 fully saturated rings. The Morgan fingerprint density at radius 1 is 0.736 bits per heavy atom. The second-order valence-electron chi connectivity index (χ2n) is 17.9. The number of rotatable bonds is 24. The summed E-state index contributed by atoms with van der Waals surface area (Å²) in [5.41, 5.74) is -1.33. The zero-order chi connectivity index (χ0) is 40.1. The van der Waals surface area contributed by atoms with Crippen LogP contribution in [0, 0.1) is 33.5 Å². The molecule has 2 heterocycles. The van der Waals surface area contributed by atoms with E-state index in [1.165, 1.54) is 0 Å². The van der Waals surface area contributed by atoms with Gasteiger partial charge in [-0.05, 0) is 130 Å². The van der Waals surface area contributed by atoms with Gasteiger partial charge in [0.1, 0.15) is 0 Å². The second-order valence-corrected chi connectivity index (χ2v) is 30.3. The van der Waals surface area contributed by atoms with Crippen molar-refractivity contribution in [2.75, 3.05) is 26.2 Å². The van der Waals surface area contributed by atoms with E-state index in [1.54, 1.807) is 0 Å². The van der Waals surface area contributed by atoms with Crippen molar-refractivity contribution in [1.29, 1.82) is 10.5 Å². The van der Waals surface area contributed by atoms with Gasteiger partial charge in [-0.3, -0.25) is 19.2 Å². The number of nitrogens with one attached hydrogen (secondary N) is 2. The van der Waals surface area contributed by atoms with Crippen LogP contribution in [0.15, 0.2) is 0 Å². The van der Waals surface area contributed by atoms with Gasteiger partial charge in [0.2, 0.25) is 23.6 Å². The standard InChI is InChI=1S/C38H70N6O6Si3/c1-31(43-23-11-15-35(43)47)27-37(3,29-39)19-17-33(45)41-21-13-25-51(5,6)49-53(9,10)50-52(7,8)26-14-22-42-34(46)18-20-38(4,30-40)28-32(2)44-24-12-16-36(44)48/h31-32H,11-28H2,1-10H3,(H,41,45)(H,42,46). The molecule has 0 aliphatic carbocycles. The topological polar surface area (TPSA) is 165 Å². The maximum absolute atomic E-state index is 12.7. The van der Waals surface area contributed by atoms with E-state index < -0.39 is 36.0 Å². The van der Waals surface area contributed by atoms with Crippen LogP contribution in [-0.4, -0.2) is 96.9 Å². The van der Waals surface area contributed by atoms with Gasteiger partial charge < -0.3 is 28.7 Å². The van der Waals surface area contributed by atoms with E-state index in [0.717, 1.165) is 50.9 Å². The fourth-order valence-corrected chi connectivity index (χ4v) is 22.2. The van der Waals surface area contributed by atoms with Crippen LogP contribution in [0.4, 0.5) is 0 Å². The molecule has 0 aromatic rings. The van der Waals surface area contributed by atoms with E-state index in [2.05, 4.69) is 62.1 Å². The smallest absolute Gasteiger partial charge is 0.311 e. The number of hydrogen-bond acceptors (Lipinski definition) is 8. The third-order valence-corrected chi connectivity index (χ3v) is 22.2. The molecule has 0 bridgehead atoms. The Balaban J connectivity index is 1.67. The van der Waals surface area contributed by atoms with Gasteiger partial charge in [-0.1, -0.05) is 0 Å². The van der Waals surface area contributed by atoms with Crippen LogP contribution < -0.4 is 10.6 Å². The van der Waals surface area contributed by atoms with Gasteiger partial charge in [-0.2, -0.15) is 10.5 Å². The molecular formula is C38H70N6O6Si3. The number of amides is 4. The molecule has 2 N–H and O–H groups in total. The number of nitrogens with zero attached hydrogens (tertiary/aromatic N) is 4. The largest absolute Gasteiger partial charge is 0.437 e. The Bertz CT molecular complexity index is 1250. The molecule has 53 heavy (non-hydrogen) atoms. The van der Waals surface area contributed by atoms with Gasteiger partial charge >= 0.3 is 8.56 Å². The molecule has 4 atom stereocenters. The molecule has 300 valence electrons. The molecule has 2 saturated heterocycles. The van der Waals surface area contributed by atoms with Crippen LogP contribution >= 0.6 is 0 Å². The van der Waals surface area contributed by atoms with Crippen LogP contribution in [0.25, 0.3) is 0 Å². The maximum atomic E-state index is 12.7. The Kier molecular flexibility index (Phi) is 17.9. The van der Waals surface area contributed by atoms with Crippen molar-refractivity contribution in [3.05, 3.63) is 0 Å². The molecular weight excluding hydrogens is 721 g/mol. The lowest BCUT2D eigenvalue weighted by molar-refractivity contribution is -0.130. The third-order valence-electron chi connectivity index (χ3n) is 10.7. The maximum Gasteiger partial charge on any atom is 0.311 e. The summed E-state index contributed by atoms with van der Waals surface area (Å²) in [4.78, 5) is 53.3. The predicted molar refractivity (Wildman–Crippen MR) is 215 cm³/mol. The van der Waals surface area contributed by atoms with Crippen molar-refractivity contribution >= 4 is 48.8 Å². The lowest BCUT2D eigenvalue weighted by Gasteiger charge is -2.38. The molecule has 2 aliphatic rings. The molecule has 2 rings (SSSR count). The fraction of sp³-hybridized carbons (Fsp3) is 0.842. The first-order chi connectivity index (χ1) is 24.5. The molecule has 0 aromatic carbocycles. The highest BCUT2D eigenvalue weighted by Gasteiger charge is 2.40. The van der Waals surface area contributed by atoms with E-state index in [4.69, 9.17) is 8.23 Å². The first kappa shape index (κ1) is 46.6. The molecule has 15 heteroatoms. The Morgan fingerprint density at radius 3 is 1.40 bits per heavy atom. The minimum atomic E-state index is -2.43. The van der Waals surface area contributed by atoms with Gasteiger partial charge in [0.05, 0.1) is 23.0 Å². The number of likely N-dealkylation sites (tertiary alicyclic amines) is 2. The number of carbonyl (C=O) groups excluding carboxylic acids is 4. The summed E-state index contributed by atoms with van der Waals surface area (Å²) >= 11 is 0. The van der Waals surface area contributed by atoms with E-state index in [0.29, 0.717) is 51.6 Å². The zero-order valence-corrected chi connectivity index (χ0v) is 37.6. The average molecular weight is 791 g/mol. The quantitative estimate of drug-likeness (QED) is 0.0820. The molecule has 4 amide bonds. The summed E-state index contributed by atoms with van der Waals surface area (Å²) in [5, 5.41) is 25.8. The lowest BCUT2D eigenvalue weighted by Crippen LogP contribution is -2.52. The minimum Gasteiger partial charge on any atom is -0.437 e.